The molecular formula is C8H5BFN. The molecule has 1 aromatic carbocycles. The van der Waals surface area contributed by atoms with Crippen LogP contribution in [0.5, 0.6) is 0 Å². The van der Waals surface area contributed by atoms with E-state index in [1.54, 1.807) is 18.2 Å². The van der Waals surface area contributed by atoms with E-state index in [0.29, 0.717) is 5.46 Å². The van der Waals surface area contributed by atoms with Gasteiger partial charge in [0, 0.05) is 0 Å². The van der Waals surface area contributed by atoms with E-state index in [1.807, 2.05) is 0 Å². The first kappa shape index (κ1) is 7.68. The molecule has 0 N–H and O–H groups in total. The third-order valence-electron chi connectivity index (χ3n) is 1.37. The molecule has 1 aromatic rings. The number of hydrogen-bond acceptors (Lipinski definition) is 1. The zero-order valence-electron chi connectivity index (χ0n) is 5.84. The number of hydrogen-bond donors (Lipinski definition) is 0. The predicted molar refractivity (Wildman–Crippen MR) is 43.6 cm³/mol. The van der Waals surface area contributed by atoms with Crippen molar-refractivity contribution >= 4 is 18.9 Å². The second kappa shape index (κ2) is 3.11. The molecule has 1 nitrogen and oxygen atoms in total. The van der Waals surface area contributed by atoms with Gasteiger partial charge in [0.2, 0.25) is 0 Å². The Morgan fingerprint density at radius 1 is 1.55 bits per heavy atom. The van der Waals surface area contributed by atoms with Gasteiger partial charge in [0.1, 0.15) is 0 Å². The van der Waals surface area contributed by atoms with Crippen LogP contribution in [0.4, 0.5) is 4.39 Å². The van der Waals surface area contributed by atoms with Crippen LogP contribution in [0.3, 0.4) is 0 Å². The molecule has 52 valence electrons. The Bertz CT molecular complexity index is 327. The molecule has 1 rings (SSSR count). The first-order chi connectivity index (χ1) is 5.29. The molecule has 3 heteroatoms. The van der Waals surface area contributed by atoms with Crippen LogP contribution in [0.1, 0.15) is 5.56 Å². The van der Waals surface area contributed by atoms with E-state index >= 15 is 0 Å². The van der Waals surface area contributed by atoms with Gasteiger partial charge >= 0.3 is 64.2 Å². The SMILES string of the molecule is C=Bc1cccc(C#N)c1F. The molecule has 0 atom stereocenters. The van der Waals surface area contributed by atoms with Crippen molar-refractivity contribution < 1.29 is 4.39 Å². The zero-order chi connectivity index (χ0) is 8.27. The zero-order valence-corrected chi connectivity index (χ0v) is 5.84. The van der Waals surface area contributed by atoms with E-state index in [9.17, 15) is 4.39 Å². The Balaban J connectivity index is 3.34. The van der Waals surface area contributed by atoms with E-state index < -0.39 is 5.82 Å². The quantitative estimate of drug-likeness (QED) is 0.526. The Kier molecular flexibility index (Phi) is 2.17. The Morgan fingerprint density at radius 2 is 2.27 bits per heavy atom. The van der Waals surface area contributed by atoms with Crippen LogP contribution in [-0.4, -0.2) is 13.4 Å². The molecular weight excluding hydrogens is 140 g/mol. The van der Waals surface area contributed by atoms with E-state index in [1.165, 1.54) is 13.0 Å². The van der Waals surface area contributed by atoms with Crippen LogP contribution in [0.15, 0.2) is 18.2 Å². The summed E-state index contributed by atoms with van der Waals surface area (Å²) in [5.74, 6) is -0.495. The van der Waals surface area contributed by atoms with Gasteiger partial charge in [-0.05, 0) is 0 Å². The maximum atomic E-state index is 13.0. The molecule has 0 radical (unpaired) electrons. The summed E-state index contributed by atoms with van der Waals surface area (Å²) in [5.41, 5.74) is 0.423. The van der Waals surface area contributed by atoms with Crippen LogP contribution >= 0.6 is 0 Å². The predicted octanol–water partition coefficient (Wildman–Crippen LogP) is 0.459. The summed E-state index contributed by atoms with van der Waals surface area (Å²) in [6, 6.07) is 6.38. The molecule has 0 amide bonds. The van der Waals surface area contributed by atoms with Crippen LogP contribution in [-0.2, 0) is 0 Å². The average Bonchev–Trinajstić information content (AvgIpc) is 2.05. The average molecular weight is 145 g/mol. The molecule has 0 aliphatic heterocycles. The summed E-state index contributed by atoms with van der Waals surface area (Å²) < 4.78 is 13.0. The van der Waals surface area contributed by atoms with Crippen molar-refractivity contribution in [2.24, 2.45) is 0 Å². The Labute approximate surface area is 65.0 Å². The van der Waals surface area contributed by atoms with Crippen molar-refractivity contribution in [3.63, 3.8) is 0 Å². The van der Waals surface area contributed by atoms with Crippen molar-refractivity contribution in [1.82, 2.24) is 0 Å². The molecule has 0 aromatic heterocycles. The number of rotatable bonds is 1. The number of benzene rings is 1. The van der Waals surface area contributed by atoms with Gasteiger partial charge in [0.15, 0.2) is 0 Å². The van der Waals surface area contributed by atoms with Gasteiger partial charge in [-0.3, -0.25) is 0 Å². The van der Waals surface area contributed by atoms with E-state index in [2.05, 4.69) is 6.47 Å². The second-order valence-electron chi connectivity index (χ2n) is 2.02. The number of halogens is 1. The topological polar surface area (TPSA) is 23.8 Å². The first-order valence-electron chi connectivity index (χ1n) is 3.10. The van der Waals surface area contributed by atoms with Gasteiger partial charge < -0.3 is 0 Å². The monoisotopic (exact) mass is 145 g/mol. The Hall–Kier alpha value is -1.43. The second-order valence-corrected chi connectivity index (χ2v) is 2.02. The van der Waals surface area contributed by atoms with Crippen molar-refractivity contribution in [2.75, 3.05) is 0 Å². The summed E-state index contributed by atoms with van der Waals surface area (Å²) >= 11 is 0. The van der Waals surface area contributed by atoms with Gasteiger partial charge in [-0.25, -0.2) is 0 Å². The standard InChI is InChI=1S/C8H5BFN/c1-9-7-4-2-3-6(5-11)8(7)10/h2-4H,1H2. The van der Waals surface area contributed by atoms with Gasteiger partial charge in [-0.15, -0.1) is 0 Å². The van der Waals surface area contributed by atoms with Gasteiger partial charge in [0.25, 0.3) is 0 Å². The molecule has 0 heterocycles. The fraction of sp³-hybridized carbons (Fsp3) is 0. The minimum atomic E-state index is -0.495. The van der Waals surface area contributed by atoms with Crippen LogP contribution < -0.4 is 5.46 Å². The summed E-state index contributed by atoms with van der Waals surface area (Å²) in [7, 11) is 0. The minimum absolute atomic E-state index is 0.0578. The molecule has 0 aliphatic rings. The molecule has 11 heavy (non-hydrogen) atoms. The van der Waals surface area contributed by atoms with E-state index in [-0.39, 0.29) is 5.56 Å². The fourth-order valence-electron chi connectivity index (χ4n) is 0.794. The van der Waals surface area contributed by atoms with E-state index in [0.717, 1.165) is 0 Å². The maximum absolute atomic E-state index is 13.0. The molecule has 0 bridgehead atoms. The normalized spacial score (nSPS) is 8.36. The molecule has 0 saturated carbocycles. The Morgan fingerprint density at radius 3 is 2.82 bits per heavy atom. The number of nitrogens with zero attached hydrogens (tertiary/aromatic N) is 1. The third kappa shape index (κ3) is 1.35. The van der Waals surface area contributed by atoms with Gasteiger partial charge in [0.05, 0.1) is 0 Å². The van der Waals surface area contributed by atoms with Crippen LogP contribution in [0.2, 0.25) is 0 Å². The number of nitriles is 1. The summed E-state index contributed by atoms with van der Waals surface area (Å²) in [6.45, 7) is 4.80. The molecule has 0 spiro atoms. The van der Waals surface area contributed by atoms with Crippen LogP contribution in [0, 0.1) is 17.1 Å². The molecule has 0 aliphatic carbocycles. The molecule has 0 fully saturated rings. The summed E-state index contributed by atoms with van der Waals surface area (Å²) in [4.78, 5) is 0. The van der Waals surface area contributed by atoms with Crippen molar-refractivity contribution in [1.29, 1.82) is 5.26 Å². The van der Waals surface area contributed by atoms with Crippen LogP contribution in [0.25, 0.3) is 0 Å². The van der Waals surface area contributed by atoms with Crippen molar-refractivity contribution in [2.45, 2.75) is 0 Å². The first-order valence-corrected chi connectivity index (χ1v) is 3.10. The summed E-state index contributed by atoms with van der Waals surface area (Å²) in [6.07, 6.45) is 0. The fourth-order valence-corrected chi connectivity index (χ4v) is 0.794. The van der Waals surface area contributed by atoms with E-state index in [4.69, 9.17) is 5.26 Å². The summed E-state index contributed by atoms with van der Waals surface area (Å²) in [5, 5.41) is 8.41. The van der Waals surface area contributed by atoms with Crippen molar-refractivity contribution in [3.05, 3.63) is 29.6 Å². The van der Waals surface area contributed by atoms with Crippen molar-refractivity contribution in [3.8, 4) is 6.07 Å². The molecule has 0 saturated heterocycles. The third-order valence-corrected chi connectivity index (χ3v) is 1.37. The molecule has 0 unspecified atom stereocenters. The van der Waals surface area contributed by atoms with Gasteiger partial charge in [-0.1, -0.05) is 0 Å². The van der Waals surface area contributed by atoms with Gasteiger partial charge in [-0.2, -0.15) is 0 Å².